The minimum atomic E-state index is -0.795. The van der Waals surface area contributed by atoms with Crippen LogP contribution in [-0.2, 0) is 4.79 Å². The van der Waals surface area contributed by atoms with Crippen LogP contribution in [0.15, 0.2) is 18.7 Å². The zero-order chi connectivity index (χ0) is 13.0. The number of carboxylic acids is 1. The van der Waals surface area contributed by atoms with Crippen molar-refractivity contribution in [3.05, 3.63) is 18.7 Å². The average Bonchev–Trinajstić information content (AvgIpc) is 2.78. The van der Waals surface area contributed by atoms with E-state index in [4.69, 9.17) is 5.11 Å². The number of anilines is 1. The molecule has 7 nitrogen and oxygen atoms in total. The third kappa shape index (κ3) is 3.16. The fourth-order valence-electron chi connectivity index (χ4n) is 2.05. The van der Waals surface area contributed by atoms with Crippen LogP contribution in [0.5, 0.6) is 0 Å². The van der Waals surface area contributed by atoms with Crippen molar-refractivity contribution in [2.75, 3.05) is 5.32 Å². The predicted octanol–water partition coefficient (Wildman–Crippen LogP) is 0.851. The molecule has 1 aliphatic carbocycles. The van der Waals surface area contributed by atoms with Gasteiger partial charge in [-0.2, -0.15) is 0 Å². The zero-order valence-electron chi connectivity index (χ0n) is 9.67. The van der Waals surface area contributed by atoms with E-state index in [1.165, 1.54) is 18.7 Å². The van der Waals surface area contributed by atoms with Crippen molar-refractivity contribution in [1.82, 2.24) is 15.3 Å². The van der Waals surface area contributed by atoms with Gasteiger partial charge in [0.2, 0.25) is 0 Å². The normalized spacial score (nSPS) is 22.4. The highest BCUT2D eigenvalue weighted by Crippen LogP contribution is 2.25. The highest BCUT2D eigenvalue weighted by molar-refractivity contribution is 5.89. The van der Waals surface area contributed by atoms with Gasteiger partial charge in [-0.25, -0.2) is 14.8 Å². The van der Waals surface area contributed by atoms with Gasteiger partial charge < -0.3 is 15.7 Å². The number of urea groups is 1. The van der Waals surface area contributed by atoms with Crippen LogP contribution >= 0.6 is 0 Å². The monoisotopic (exact) mass is 250 g/mol. The molecule has 1 fully saturated rings. The van der Waals surface area contributed by atoms with E-state index in [1.807, 2.05) is 0 Å². The fourth-order valence-corrected chi connectivity index (χ4v) is 2.05. The third-order valence-corrected chi connectivity index (χ3v) is 2.94. The molecule has 2 amide bonds. The van der Waals surface area contributed by atoms with Crippen LogP contribution in [-0.4, -0.2) is 33.1 Å². The Kier molecular flexibility index (Phi) is 3.71. The van der Waals surface area contributed by atoms with Crippen molar-refractivity contribution in [2.45, 2.75) is 25.3 Å². The van der Waals surface area contributed by atoms with Crippen LogP contribution < -0.4 is 10.6 Å². The Hall–Kier alpha value is -2.18. The molecule has 1 saturated carbocycles. The molecule has 0 aromatic carbocycles. The lowest BCUT2D eigenvalue weighted by atomic mass is 10.1. The van der Waals surface area contributed by atoms with Gasteiger partial charge in [0, 0.05) is 6.04 Å². The largest absolute Gasteiger partial charge is 0.481 e. The molecule has 0 unspecified atom stereocenters. The van der Waals surface area contributed by atoms with Crippen molar-refractivity contribution in [3.8, 4) is 0 Å². The summed E-state index contributed by atoms with van der Waals surface area (Å²) in [6.45, 7) is 0. The molecule has 1 aliphatic rings. The van der Waals surface area contributed by atoms with E-state index in [0.29, 0.717) is 24.9 Å². The second kappa shape index (κ2) is 5.44. The smallest absolute Gasteiger partial charge is 0.319 e. The molecule has 3 N–H and O–H groups in total. The summed E-state index contributed by atoms with van der Waals surface area (Å²) in [5.41, 5.74) is 0.503. The fraction of sp³-hybridized carbons (Fsp3) is 0.455. The molecule has 1 aromatic heterocycles. The van der Waals surface area contributed by atoms with Gasteiger partial charge in [0.05, 0.1) is 24.0 Å². The van der Waals surface area contributed by atoms with Crippen LogP contribution in [0.25, 0.3) is 0 Å². The van der Waals surface area contributed by atoms with E-state index >= 15 is 0 Å². The Labute approximate surface area is 104 Å². The van der Waals surface area contributed by atoms with Crippen LogP contribution in [0.2, 0.25) is 0 Å². The van der Waals surface area contributed by atoms with Crippen molar-refractivity contribution < 1.29 is 14.7 Å². The van der Waals surface area contributed by atoms with Gasteiger partial charge in [-0.3, -0.25) is 4.79 Å². The molecule has 0 saturated heterocycles. The molecule has 0 bridgehead atoms. The molecule has 1 aromatic rings. The zero-order valence-corrected chi connectivity index (χ0v) is 9.67. The summed E-state index contributed by atoms with van der Waals surface area (Å²) in [7, 11) is 0. The maximum Gasteiger partial charge on any atom is 0.319 e. The highest BCUT2D eigenvalue weighted by Gasteiger charge is 2.30. The molecule has 0 spiro atoms. The maximum atomic E-state index is 11.6. The lowest BCUT2D eigenvalue weighted by Gasteiger charge is -2.12. The standard InChI is InChI=1S/C11H14N4O3/c16-10(17)7-1-2-8(3-7)14-11(18)15-9-4-12-6-13-5-9/h4-8H,1-3H2,(H,16,17)(H2,14,15,18)/t7-,8+/m1/s1. The summed E-state index contributed by atoms with van der Waals surface area (Å²) < 4.78 is 0. The first kappa shape index (κ1) is 12.3. The van der Waals surface area contributed by atoms with E-state index in [1.54, 1.807) is 0 Å². The van der Waals surface area contributed by atoms with Crippen molar-refractivity contribution in [3.63, 3.8) is 0 Å². The molecule has 2 atom stereocenters. The Bertz CT molecular complexity index is 437. The lowest BCUT2D eigenvalue weighted by Crippen LogP contribution is -2.36. The number of aliphatic carboxylic acids is 1. The first-order valence-electron chi connectivity index (χ1n) is 5.70. The quantitative estimate of drug-likeness (QED) is 0.737. The second-order valence-electron chi connectivity index (χ2n) is 4.27. The van der Waals surface area contributed by atoms with Gasteiger partial charge in [-0.15, -0.1) is 0 Å². The molecule has 0 radical (unpaired) electrons. The Morgan fingerprint density at radius 3 is 2.61 bits per heavy atom. The number of amides is 2. The minimum absolute atomic E-state index is 0.0873. The van der Waals surface area contributed by atoms with Gasteiger partial charge >= 0.3 is 12.0 Å². The van der Waals surface area contributed by atoms with E-state index < -0.39 is 5.97 Å². The van der Waals surface area contributed by atoms with Crippen LogP contribution in [0.3, 0.4) is 0 Å². The SMILES string of the molecule is O=C(Nc1cncnc1)N[C@H]1CC[C@@H](C(=O)O)C1. The van der Waals surface area contributed by atoms with Gasteiger partial charge in [0.15, 0.2) is 0 Å². The molecule has 0 aliphatic heterocycles. The van der Waals surface area contributed by atoms with E-state index in [2.05, 4.69) is 20.6 Å². The summed E-state index contributed by atoms with van der Waals surface area (Å²) in [6.07, 6.45) is 6.12. The summed E-state index contributed by atoms with van der Waals surface area (Å²) in [5.74, 6) is -1.15. The van der Waals surface area contributed by atoms with E-state index in [-0.39, 0.29) is 18.0 Å². The van der Waals surface area contributed by atoms with Gasteiger partial charge in [0.25, 0.3) is 0 Å². The van der Waals surface area contributed by atoms with E-state index in [9.17, 15) is 9.59 Å². The number of carbonyl (C=O) groups is 2. The predicted molar refractivity (Wildman–Crippen MR) is 63.0 cm³/mol. The number of aromatic nitrogens is 2. The van der Waals surface area contributed by atoms with Crippen molar-refractivity contribution in [2.24, 2.45) is 5.92 Å². The number of hydrogen-bond donors (Lipinski definition) is 3. The molecule has 96 valence electrons. The average molecular weight is 250 g/mol. The number of nitrogens with zero attached hydrogens (tertiary/aromatic N) is 2. The van der Waals surface area contributed by atoms with Gasteiger partial charge in [-0.1, -0.05) is 0 Å². The first-order chi connectivity index (χ1) is 8.65. The van der Waals surface area contributed by atoms with Crippen LogP contribution in [0.1, 0.15) is 19.3 Å². The van der Waals surface area contributed by atoms with Crippen molar-refractivity contribution >= 4 is 17.7 Å². The number of hydrogen-bond acceptors (Lipinski definition) is 4. The maximum absolute atomic E-state index is 11.6. The summed E-state index contributed by atoms with van der Waals surface area (Å²) in [5, 5.41) is 14.2. The molecule has 7 heteroatoms. The van der Waals surface area contributed by atoms with Crippen LogP contribution in [0, 0.1) is 5.92 Å². The number of nitrogens with one attached hydrogen (secondary N) is 2. The Morgan fingerprint density at radius 1 is 1.28 bits per heavy atom. The Balaban J connectivity index is 1.80. The molecule has 18 heavy (non-hydrogen) atoms. The molecular weight excluding hydrogens is 236 g/mol. The van der Waals surface area contributed by atoms with Gasteiger partial charge in [-0.05, 0) is 19.3 Å². The van der Waals surface area contributed by atoms with Gasteiger partial charge in [0.1, 0.15) is 6.33 Å². The summed E-state index contributed by atoms with van der Waals surface area (Å²) in [6, 6.07) is -0.448. The lowest BCUT2D eigenvalue weighted by molar-refractivity contribution is -0.141. The number of carboxylic acid groups (broad SMARTS) is 1. The molecular formula is C11H14N4O3. The molecule has 2 rings (SSSR count). The number of carbonyl (C=O) groups excluding carboxylic acids is 1. The minimum Gasteiger partial charge on any atom is -0.481 e. The first-order valence-corrected chi connectivity index (χ1v) is 5.70. The Morgan fingerprint density at radius 2 is 2.00 bits per heavy atom. The number of rotatable bonds is 3. The van der Waals surface area contributed by atoms with E-state index in [0.717, 1.165) is 0 Å². The second-order valence-corrected chi connectivity index (χ2v) is 4.27. The van der Waals surface area contributed by atoms with Crippen LogP contribution in [0.4, 0.5) is 10.5 Å². The summed E-state index contributed by atoms with van der Waals surface area (Å²) in [4.78, 5) is 29.9. The topological polar surface area (TPSA) is 104 Å². The van der Waals surface area contributed by atoms with Crippen molar-refractivity contribution in [1.29, 1.82) is 0 Å². The summed E-state index contributed by atoms with van der Waals surface area (Å²) >= 11 is 0. The molecule has 1 heterocycles. The third-order valence-electron chi connectivity index (χ3n) is 2.94. The highest BCUT2D eigenvalue weighted by atomic mass is 16.4.